The maximum absolute atomic E-state index is 12.7. The van der Waals surface area contributed by atoms with E-state index in [4.69, 9.17) is 9.47 Å². The average molecular weight is 483 g/mol. The van der Waals surface area contributed by atoms with Crippen LogP contribution in [0, 0.1) is 6.92 Å². The minimum Gasteiger partial charge on any atom is -0.494 e. The van der Waals surface area contributed by atoms with Gasteiger partial charge in [-0.1, -0.05) is 13.3 Å². The molecule has 1 unspecified atom stereocenters. The van der Waals surface area contributed by atoms with Crippen LogP contribution >= 0.6 is 0 Å². The highest BCUT2D eigenvalue weighted by Gasteiger charge is 2.31. The van der Waals surface area contributed by atoms with Crippen LogP contribution in [0.5, 0.6) is 5.75 Å². The minimum atomic E-state index is -0.521. The summed E-state index contributed by atoms with van der Waals surface area (Å²) in [4.78, 5) is 33.5. The molecule has 1 aromatic heterocycles. The first-order chi connectivity index (χ1) is 16.6. The maximum atomic E-state index is 12.7. The smallest absolute Gasteiger partial charge is 0.410 e. The Bertz CT molecular complexity index is 1020. The third-order valence-corrected chi connectivity index (χ3v) is 5.94. The fraction of sp³-hybridized carbons (Fsp3) is 0.519. The second kappa shape index (κ2) is 11.4. The summed E-state index contributed by atoms with van der Waals surface area (Å²) >= 11 is 0. The highest BCUT2D eigenvalue weighted by atomic mass is 16.6. The molecule has 1 aromatic carbocycles. The number of nitrogens with one attached hydrogen (secondary N) is 1. The molecule has 1 fully saturated rings. The molecule has 0 bridgehead atoms. The number of nitrogens with zero attached hydrogens (tertiary/aromatic N) is 3. The summed E-state index contributed by atoms with van der Waals surface area (Å²) in [5, 5.41) is 2.95. The molecule has 2 heterocycles. The van der Waals surface area contributed by atoms with Crippen molar-refractivity contribution >= 4 is 23.5 Å². The molecule has 8 heteroatoms. The largest absolute Gasteiger partial charge is 0.494 e. The first kappa shape index (κ1) is 26.3. The van der Waals surface area contributed by atoms with Crippen molar-refractivity contribution in [2.24, 2.45) is 0 Å². The molecule has 190 valence electrons. The molecule has 3 rings (SSSR count). The SMILES string of the molecule is CCCCOc1ccc(C(=O)Nc2cnc(N3CCC(N(C)C(=O)OC(C)(C)C)C3)cc2C)cc1. The molecular formula is C27H38N4O4. The van der Waals surface area contributed by atoms with Gasteiger partial charge < -0.3 is 24.6 Å². The lowest BCUT2D eigenvalue weighted by atomic mass is 10.2. The Morgan fingerprint density at radius 3 is 2.57 bits per heavy atom. The normalized spacial score (nSPS) is 15.6. The van der Waals surface area contributed by atoms with Crippen LogP contribution in [-0.4, -0.2) is 60.3 Å². The molecule has 0 spiro atoms. The lowest BCUT2D eigenvalue weighted by Crippen LogP contribution is -2.42. The van der Waals surface area contributed by atoms with Gasteiger partial charge in [-0.3, -0.25) is 4.79 Å². The van der Waals surface area contributed by atoms with Crippen molar-refractivity contribution in [3.63, 3.8) is 0 Å². The van der Waals surface area contributed by atoms with Gasteiger partial charge in [0.1, 0.15) is 17.2 Å². The van der Waals surface area contributed by atoms with Crippen LogP contribution in [0.2, 0.25) is 0 Å². The van der Waals surface area contributed by atoms with Gasteiger partial charge in [-0.15, -0.1) is 0 Å². The Kier molecular flexibility index (Phi) is 8.59. The van der Waals surface area contributed by atoms with Gasteiger partial charge in [-0.2, -0.15) is 0 Å². The highest BCUT2D eigenvalue weighted by molar-refractivity contribution is 6.04. The number of amides is 2. The second-order valence-corrected chi connectivity index (χ2v) is 10.0. The monoisotopic (exact) mass is 482 g/mol. The number of aromatic nitrogens is 1. The van der Waals surface area contributed by atoms with Crippen LogP contribution in [0.4, 0.5) is 16.3 Å². The molecule has 2 amide bonds. The number of hydrogen-bond acceptors (Lipinski definition) is 6. The van der Waals surface area contributed by atoms with Gasteiger partial charge in [0.25, 0.3) is 5.91 Å². The summed E-state index contributed by atoms with van der Waals surface area (Å²) in [6, 6.07) is 9.18. The number of pyridine rings is 1. The number of carbonyl (C=O) groups is 2. The number of aryl methyl sites for hydroxylation is 1. The summed E-state index contributed by atoms with van der Waals surface area (Å²) in [5.41, 5.74) is 1.63. The number of carbonyl (C=O) groups excluding carboxylic acids is 2. The van der Waals surface area contributed by atoms with E-state index in [0.717, 1.165) is 42.9 Å². The molecule has 1 atom stereocenters. The van der Waals surface area contributed by atoms with Gasteiger partial charge in [-0.05, 0) is 76.4 Å². The molecule has 0 radical (unpaired) electrons. The predicted octanol–water partition coefficient (Wildman–Crippen LogP) is 5.27. The molecule has 35 heavy (non-hydrogen) atoms. The molecule has 2 aromatic rings. The Morgan fingerprint density at radius 1 is 1.23 bits per heavy atom. The fourth-order valence-electron chi connectivity index (χ4n) is 3.83. The van der Waals surface area contributed by atoms with E-state index < -0.39 is 5.60 Å². The second-order valence-electron chi connectivity index (χ2n) is 10.0. The predicted molar refractivity (Wildman–Crippen MR) is 138 cm³/mol. The zero-order valence-electron chi connectivity index (χ0n) is 21.8. The average Bonchev–Trinajstić information content (AvgIpc) is 3.29. The lowest BCUT2D eigenvalue weighted by molar-refractivity contribution is 0.0237. The molecule has 0 saturated carbocycles. The summed E-state index contributed by atoms with van der Waals surface area (Å²) in [5.74, 6) is 1.40. The van der Waals surface area contributed by atoms with Crippen LogP contribution < -0.4 is 15.0 Å². The van der Waals surface area contributed by atoms with E-state index in [9.17, 15) is 9.59 Å². The van der Waals surface area contributed by atoms with Gasteiger partial charge >= 0.3 is 6.09 Å². The number of benzene rings is 1. The van der Waals surface area contributed by atoms with Gasteiger partial charge in [-0.25, -0.2) is 9.78 Å². The number of ether oxygens (including phenoxy) is 2. The van der Waals surface area contributed by atoms with Gasteiger partial charge in [0.15, 0.2) is 0 Å². The molecule has 1 aliphatic heterocycles. The number of hydrogen-bond donors (Lipinski definition) is 1. The Hall–Kier alpha value is -3.29. The zero-order chi connectivity index (χ0) is 25.6. The summed E-state index contributed by atoms with van der Waals surface area (Å²) in [6.45, 7) is 11.8. The van der Waals surface area contributed by atoms with Gasteiger partial charge in [0.2, 0.25) is 0 Å². The van der Waals surface area contributed by atoms with E-state index >= 15 is 0 Å². The third-order valence-electron chi connectivity index (χ3n) is 5.94. The van der Waals surface area contributed by atoms with Crippen molar-refractivity contribution in [1.29, 1.82) is 0 Å². The van der Waals surface area contributed by atoms with E-state index in [1.165, 1.54) is 0 Å². The van der Waals surface area contributed by atoms with Crippen LogP contribution in [0.25, 0.3) is 0 Å². The Morgan fingerprint density at radius 2 is 1.94 bits per heavy atom. The molecular weight excluding hydrogens is 444 g/mol. The molecule has 1 saturated heterocycles. The first-order valence-electron chi connectivity index (χ1n) is 12.3. The summed E-state index contributed by atoms with van der Waals surface area (Å²) < 4.78 is 11.2. The standard InChI is InChI=1S/C27H38N4O4/c1-7-8-15-34-22-11-9-20(10-12-22)25(32)29-23-17-28-24(16-19(23)2)31-14-13-21(18-31)30(6)26(33)35-27(3,4)5/h9-12,16-17,21H,7-8,13-15,18H2,1-6H3,(H,29,32). The topological polar surface area (TPSA) is 84.0 Å². The van der Waals surface area contributed by atoms with Crippen LogP contribution in [0.1, 0.15) is 62.9 Å². The Balaban J connectivity index is 1.58. The number of unbranched alkanes of at least 4 members (excludes halogenated alkanes) is 1. The zero-order valence-corrected chi connectivity index (χ0v) is 21.8. The third kappa shape index (κ3) is 7.34. The van der Waals surface area contributed by atoms with Crippen molar-refractivity contribution < 1.29 is 19.1 Å². The van der Waals surface area contributed by atoms with E-state index in [0.29, 0.717) is 24.4 Å². The fourth-order valence-corrected chi connectivity index (χ4v) is 3.83. The van der Waals surface area contributed by atoms with E-state index in [1.807, 2.05) is 45.9 Å². The minimum absolute atomic E-state index is 0.0558. The first-order valence-corrected chi connectivity index (χ1v) is 12.3. The number of likely N-dealkylation sites (N-methyl/N-ethyl adjacent to an activating group) is 1. The van der Waals surface area contributed by atoms with E-state index in [-0.39, 0.29) is 18.0 Å². The van der Waals surface area contributed by atoms with Crippen molar-refractivity contribution in [3.05, 3.63) is 47.7 Å². The van der Waals surface area contributed by atoms with Gasteiger partial charge in [0, 0.05) is 25.7 Å². The van der Waals surface area contributed by atoms with Crippen molar-refractivity contribution in [3.8, 4) is 5.75 Å². The van der Waals surface area contributed by atoms with Crippen LogP contribution in [0.3, 0.4) is 0 Å². The molecule has 1 N–H and O–H groups in total. The van der Waals surface area contributed by atoms with E-state index in [1.54, 1.807) is 30.3 Å². The van der Waals surface area contributed by atoms with E-state index in [2.05, 4.69) is 22.1 Å². The van der Waals surface area contributed by atoms with Crippen molar-refractivity contribution in [1.82, 2.24) is 9.88 Å². The molecule has 0 aliphatic carbocycles. The Labute approximate surface area is 208 Å². The quantitative estimate of drug-likeness (QED) is 0.516. The molecule has 1 aliphatic rings. The highest BCUT2D eigenvalue weighted by Crippen LogP contribution is 2.26. The van der Waals surface area contributed by atoms with Crippen molar-refractivity contribution in [2.75, 3.05) is 37.0 Å². The van der Waals surface area contributed by atoms with Crippen LogP contribution in [-0.2, 0) is 4.74 Å². The summed E-state index contributed by atoms with van der Waals surface area (Å²) in [7, 11) is 1.78. The molecule has 8 nitrogen and oxygen atoms in total. The van der Waals surface area contributed by atoms with Crippen LogP contribution in [0.15, 0.2) is 36.5 Å². The number of anilines is 2. The maximum Gasteiger partial charge on any atom is 0.410 e. The van der Waals surface area contributed by atoms with Gasteiger partial charge in [0.05, 0.1) is 24.5 Å². The lowest BCUT2D eigenvalue weighted by Gasteiger charge is -2.28. The van der Waals surface area contributed by atoms with Crippen molar-refractivity contribution in [2.45, 2.75) is 65.5 Å². The number of rotatable bonds is 8. The summed E-state index contributed by atoms with van der Waals surface area (Å²) in [6.07, 6.45) is 4.30.